The number of amides is 1. The minimum atomic E-state index is -1.04. The maximum atomic E-state index is 12.8. The number of aliphatic hydroxyl groups excluding tert-OH is 2. The number of carbonyl (C=O) groups excluding carboxylic acids is 1. The number of fused-ring (bicyclic) bond motifs is 2. The number of halogens is 1. The summed E-state index contributed by atoms with van der Waals surface area (Å²) >= 11 is 0. The van der Waals surface area contributed by atoms with Crippen LogP contribution in [0.2, 0.25) is 0 Å². The van der Waals surface area contributed by atoms with Gasteiger partial charge in [-0.05, 0) is 96.8 Å². The van der Waals surface area contributed by atoms with Crippen molar-refractivity contribution in [3.8, 4) is 80.0 Å². The van der Waals surface area contributed by atoms with Crippen LogP contribution in [0.4, 0.5) is 0 Å². The van der Waals surface area contributed by atoms with Crippen LogP contribution in [0, 0.1) is 22.7 Å². The number of pyridine rings is 2. The monoisotopic (exact) mass is 1140 g/mol. The van der Waals surface area contributed by atoms with Crippen LogP contribution >= 0.6 is 12.4 Å². The molecule has 0 spiro atoms. The molecule has 428 valence electrons. The average Bonchev–Trinajstić information content (AvgIpc) is 4.35. The third kappa shape index (κ3) is 14.9. The Kier molecular flexibility index (Phi) is 22.2. The summed E-state index contributed by atoms with van der Waals surface area (Å²) in [6.45, 7) is 5.58. The largest absolute Gasteiger partial charge is 0.496 e. The zero-order valence-corrected chi connectivity index (χ0v) is 47.0. The van der Waals surface area contributed by atoms with Gasteiger partial charge in [-0.2, -0.15) is 10.5 Å². The number of benzene rings is 4. The molecule has 1 amide bonds. The number of ether oxygens (including phenoxy) is 6. The molecule has 4 aromatic heterocycles. The van der Waals surface area contributed by atoms with E-state index in [4.69, 9.17) is 47.5 Å². The van der Waals surface area contributed by atoms with Crippen LogP contribution in [0.15, 0.2) is 118 Å². The van der Waals surface area contributed by atoms with Crippen LogP contribution in [0.5, 0.6) is 23.0 Å². The zero-order chi connectivity index (χ0) is 57.3. The van der Waals surface area contributed by atoms with Crippen molar-refractivity contribution in [3.63, 3.8) is 0 Å². The Balaban J connectivity index is 0.000000214. The first-order chi connectivity index (χ1) is 39.5. The van der Waals surface area contributed by atoms with E-state index in [1.807, 2.05) is 42.5 Å². The lowest BCUT2D eigenvalue weighted by atomic mass is 10.0. The van der Waals surface area contributed by atoms with E-state index in [0.717, 1.165) is 60.8 Å². The molecule has 8 aromatic rings. The van der Waals surface area contributed by atoms with Crippen LogP contribution in [-0.4, -0.2) is 122 Å². The predicted octanol–water partition coefficient (Wildman–Crippen LogP) is 11.9. The maximum absolute atomic E-state index is 12.8. The van der Waals surface area contributed by atoms with E-state index in [0.29, 0.717) is 131 Å². The van der Waals surface area contributed by atoms with Gasteiger partial charge >= 0.3 is 5.97 Å². The van der Waals surface area contributed by atoms with E-state index >= 15 is 0 Å². The fourth-order valence-electron chi connectivity index (χ4n) is 9.37. The van der Waals surface area contributed by atoms with Crippen molar-refractivity contribution >= 4 is 46.5 Å². The molecule has 0 radical (unpaired) electrons. The molecule has 0 atom stereocenters. The molecule has 6 heterocycles. The van der Waals surface area contributed by atoms with Crippen LogP contribution in [-0.2, 0) is 9.47 Å². The van der Waals surface area contributed by atoms with Gasteiger partial charge in [0.25, 0.3) is 5.91 Å². The Hall–Kier alpha value is -8.49. The molecule has 10 rings (SSSR count). The lowest BCUT2D eigenvalue weighted by Gasteiger charge is -2.23. The number of carbonyl (C=O) groups is 2. The number of furan rings is 2. The summed E-state index contributed by atoms with van der Waals surface area (Å²) in [7, 11) is 4.72. The Morgan fingerprint density at radius 1 is 0.610 bits per heavy atom. The third-order valence-electron chi connectivity index (χ3n) is 13.8. The van der Waals surface area contributed by atoms with Gasteiger partial charge in [0, 0.05) is 93.7 Å². The number of nitriles is 2. The molecule has 2 aliphatic heterocycles. The van der Waals surface area contributed by atoms with Gasteiger partial charge < -0.3 is 57.5 Å². The highest BCUT2D eigenvalue weighted by molar-refractivity contribution is 5.97. The van der Waals surface area contributed by atoms with E-state index in [9.17, 15) is 25.2 Å². The van der Waals surface area contributed by atoms with Gasteiger partial charge in [0.15, 0.2) is 11.2 Å². The minimum Gasteiger partial charge on any atom is -0.496 e. The molecule has 0 saturated carbocycles. The summed E-state index contributed by atoms with van der Waals surface area (Å²) in [6, 6.07) is 32.7. The molecular weight excluding hydrogens is 1070 g/mol. The molecule has 0 aliphatic carbocycles. The number of carboxylic acid groups (broad SMARTS) is 1. The molecule has 82 heavy (non-hydrogen) atoms. The number of carboxylic acids is 1. The number of methoxy groups -OCH3 is 2. The fraction of sp³-hybridized carbons (Fsp3) is 0.333. The lowest BCUT2D eigenvalue weighted by Crippen LogP contribution is -2.28. The standard InChI is InChI=1S/C31H31N3O6.C27H22N2O6.C5H12O.ClH/c1-34(12-3-13-35)31(36)21-4-6-25(28(17-21)37-2)29-18-26-30(40-29)24(8-11-33-26)20-5-7-27(22(16-20)19-32)39-23-9-14-38-15-10-23;1-32-24-13-17(27(30)31)2-4-21(24)25-14-22-26(35-25)20(6-9-29-22)16-3-5-23(18(12-16)15-28)34-19-7-10-33-11-8-19;1-2-3-4-5-6;/h4-8,11,16-18,23,35H,3,9-10,12-15H2,1-2H3;2-6,9,12-14,19H,7-8,10-11H2,1H3,(H,30,31);6H,2-5H2,1H3;1H. The number of aromatic nitrogens is 2. The Morgan fingerprint density at radius 3 is 1.49 bits per heavy atom. The van der Waals surface area contributed by atoms with E-state index in [2.05, 4.69) is 29.0 Å². The van der Waals surface area contributed by atoms with Crippen molar-refractivity contribution in [2.24, 2.45) is 0 Å². The highest BCUT2D eigenvalue weighted by Crippen LogP contribution is 2.41. The average molecular weight is 1140 g/mol. The zero-order valence-electron chi connectivity index (χ0n) is 46.2. The van der Waals surface area contributed by atoms with E-state index < -0.39 is 5.97 Å². The smallest absolute Gasteiger partial charge is 0.335 e. The van der Waals surface area contributed by atoms with Gasteiger partial charge in [0.2, 0.25) is 0 Å². The molecule has 2 aliphatic rings. The van der Waals surface area contributed by atoms with Crippen LogP contribution < -0.4 is 18.9 Å². The number of aromatic carboxylic acids is 1. The van der Waals surface area contributed by atoms with Crippen LogP contribution in [0.3, 0.4) is 0 Å². The quantitative estimate of drug-likeness (QED) is 0.0675. The number of unbranched alkanes of at least 4 members (excludes halogenated alkanes) is 2. The number of nitrogens with zero attached hydrogens (tertiary/aromatic N) is 5. The van der Waals surface area contributed by atoms with Gasteiger partial charge in [0.1, 0.15) is 69.9 Å². The first kappa shape index (κ1) is 61.1. The van der Waals surface area contributed by atoms with Crippen LogP contribution in [0.25, 0.3) is 67.1 Å². The van der Waals surface area contributed by atoms with E-state index in [1.54, 1.807) is 73.9 Å². The topological polar surface area (TPSA) is 253 Å². The molecule has 19 heteroatoms. The fourth-order valence-corrected chi connectivity index (χ4v) is 9.37. The minimum absolute atomic E-state index is 0. The Bertz CT molecular complexity index is 3530. The number of hydrogen-bond acceptors (Lipinski definition) is 16. The molecule has 4 aromatic carbocycles. The second-order valence-corrected chi connectivity index (χ2v) is 19.2. The van der Waals surface area contributed by atoms with E-state index in [1.165, 1.54) is 25.7 Å². The first-order valence-corrected chi connectivity index (χ1v) is 26.9. The highest BCUT2D eigenvalue weighted by Gasteiger charge is 2.23. The van der Waals surface area contributed by atoms with Crippen molar-refractivity contribution in [2.75, 3.05) is 67.5 Å². The summed E-state index contributed by atoms with van der Waals surface area (Å²) in [5, 5.41) is 46.1. The van der Waals surface area contributed by atoms with Crippen LogP contribution in [0.1, 0.15) is 90.1 Å². The Morgan fingerprint density at radius 2 is 1.07 bits per heavy atom. The van der Waals surface area contributed by atoms with Gasteiger partial charge in [-0.1, -0.05) is 31.9 Å². The molecule has 2 saturated heterocycles. The molecule has 0 bridgehead atoms. The lowest BCUT2D eigenvalue weighted by molar-refractivity contribution is 0.0252. The summed E-state index contributed by atoms with van der Waals surface area (Å²) < 4.78 is 46.5. The summed E-state index contributed by atoms with van der Waals surface area (Å²) in [6.07, 6.45) is 10.5. The van der Waals surface area contributed by atoms with Crippen molar-refractivity contribution in [1.29, 1.82) is 10.5 Å². The van der Waals surface area contributed by atoms with Gasteiger partial charge in [-0.3, -0.25) is 14.8 Å². The van der Waals surface area contributed by atoms with Crippen molar-refractivity contribution in [1.82, 2.24) is 14.9 Å². The summed E-state index contributed by atoms with van der Waals surface area (Å²) in [4.78, 5) is 34.6. The molecule has 18 nitrogen and oxygen atoms in total. The van der Waals surface area contributed by atoms with E-state index in [-0.39, 0.29) is 42.7 Å². The predicted molar refractivity (Wildman–Crippen MR) is 311 cm³/mol. The number of rotatable bonds is 18. The molecule has 0 unspecified atom stereocenters. The SMILES string of the molecule is CCCCCO.COc1cc(C(=O)N(C)CCCO)ccc1-c1cc2nccc(-c3ccc(OC4CCOCC4)c(C#N)c3)c2o1.COc1cc(C(=O)O)ccc1-c1cc2nccc(-c3ccc(OC4CCOCC4)c(C#N)c3)c2o1.Cl. The van der Waals surface area contributed by atoms with Gasteiger partial charge in [-0.25, -0.2) is 4.79 Å². The molecule has 3 N–H and O–H groups in total. The Labute approximate surface area is 481 Å². The van der Waals surface area contributed by atoms with Crippen molar-refractivity contribution < 1.29 is 62.2 Å². The second-order valence-electron chi connectivity index (χ2n) is 19.2. The van der Waals surface area contributed by atoms with Gasteiger partial charge in [-0.15, -0.1) is 12.4 Å². The normalized spacial score (nSPS) is 13.3. The van der Waals surface area contributed by atoms with Crippen molar-refractivity contribution in [3.05, 3.63) is 132 Å². The summed E-state index contributed by atoms with van der Waals surface area (Å²) in [5.74, 6) is 1.82. The van der Waals surface area contributed by atoms with Crippen molar-refractivity contribution in [2.45, 2.75) is 70.5 Å². The second kappa shape index (κ2) is 29.8. The molecule has 2 fully saturated rings. The number of aliphatic hydroxyl groups is 2. The third-order valence-corrected chi connectivity index (χ3v) is 13.8. The summed E-state index contributed by atoms with van der Waals surface area (Å²) in [5.41, 5.74) is 8.35. The number of hydrogen-bond donors (Lipinski definition) is 3. The maximum Gasteiger partial charge on any atom is 0.335 e. The van der Waals surface area contributed by atoms with Gasteiger partial charge in [0.05, 0.1) is 68.5 Å². The molecular formula is C63H66ClN5O13. The first-order valence-electron chi connectivity index (χ1n) is 26.9. The highest BCUT2D eigenvalue weighted by atomic mass is 35.5.